The van der Waals surface area contributed by atoms with E-state index in [9.17, 15) is 4.79 Å². The van der Waals surface area contributed by atoms with Gasteiger partial charge in [0.1, 0.15) is 0 Å². The Morgan fingerprint density at radius 2 is 1.58 bits per heavy atom. The van der Waals surface area contributed by atoms with Crippen LogP contribution in [0.15, 0.2) is 54.6 Å². The Kier molecular flexibility index (Phi) is 8.51. The van der Waals surface area contributed by atoms with Crippen LogP contribution < -0.4 is 11.1 Å². The number of halogens is 1. The van der Waals surface area contributed by atoms with Crippen LogP contribution in [0.4, 0.5) is 0 Å². The minimum absolute atomic E-state index is 0. The molecule has 1 unspecified atom stereocenters. The third-order valence-electron chi connectivity index (χ3n) is 4.03. The summed E-state index contributed by atoms with van der Waals surface area (Å²) < 4.78 is 0. The summed E-state index contributed by atoms with van der Waals surface area (Å²) in [6.07, 6.45) is 1.24. The highest BCUT2D eigenvalue weighted by Crippen LogP contribution is 2.17. The largest absolute Gasteiger partial charge is 0.354 e. The minimum Gasteiger partial charge on any atom is -0.354 e. The van der Waals surface area contributed by atoms with E-state index in [4.69, 9.17) is 5.73 Å². The van der Waals surface area contributed by atoms with Gasteiger partial charge in [0, 0.05) is 19.0 Å². The Morgan fingerprint density at radius 1 is 1.00 bits per heavy atom. The van der Waals surface area contributed by atoms with E-state index in [1.807, 2.05) is 30.3 Å². The van der Waals surface area contributed by atoms with Gasteiger partial charge in [0.2, 0.25) is 5.91 Å². The van der Waals surface area contributed by atoms with Gasteiger partial charge in [0.05, 0.1) is 0 Å². The van der Waals surface area contributed by atoms with Crippen molar-refractivity contribution >= 4 is 18.3 Å². The summed E-state index contributed by atoms with van der Waals surface area (Å²) in [5.74, 6) is 0.557. The molecule has 0 aliphatic rings. The maximum absolute atomic E-state index is 11.9. The maximum atomic E-state index is 11.9. The molecule has 0 bridgehead atoms. The monoisotopic (exact) mass is 346 g/mol. The molecule has 0 aliphatic heterocycles. The quantitative estimate of drug-likeness (QED) is 0.796. The van der Waals surface area contributed by atoms with Gasteiger partial charge in [0.25, 0.3) is 0 Å². The zero-order valence-corrected chi connectivity index (χ0v) is 15.2. The normalized spacial score (nSPS) is 11.7. The molecule has 0 aliphatic carbocycles. The predicted molar refractivity (Wildman–Crippen MR) is 102 cm³/mol. The average molecular weight is 347 g/mol. The molecule has 0 aromatic heterocycles. The van der Waals surface area contributed by atoms with Crippen LogP contribution in [0, 0.1) is 0 Å². The smallest absolute Gasteiger partial charge is 0.220 e. The Morgan fingerprint density at radius 3 is 2.17 bits per heavy atom. The SMILES string of the molecule is CC(C)c1ccc(C(N)CNC(=O)CCc2ccccc2)cc1.Cl. The molecule has 0 saturated heterocycles. The van der Waals surface area contributed by atoms with E-state index in [0.29, 0.717) is 18.9 Å². The second-order valence-electron chi connectivity index (χ2n) is 6.22. The summed E-state index contributed by atoms with van der Waals surface area (Å²) >= 11 is 0. The summed E-state index contributed by atoms with van der Waals surface area (Å²) in [5, 5.41) is 2.92. The van der Waals surface area contributed by atoms with Crippen LogP contribution in [-0.4, -0.2) is 12.5 Å². The van der Waals surface area contributed by atoms with Crippen molar-refractivity contribution < 1.29 is 4.79 Å². The Bertz CT molecular complexity index is 611. The molecular weight excluding hydrogens is 320 g/mol. The number of benzene rings is 2. The van der Waals surface area contributed by atoms with E-state index in [-0.39, 0.29) is 24.4 Å². The number of amides is 1. The number of nitrogens with two attached hydrogens (primary N) is 1. The van der Waals surface area contributed by atoms with E-state index in [1.54, 1.807) is 0 Å². The van der Waals surface area contributed by atoms with Crippen molar-refractivity contribution in [2.75, 3.05) is 6.54 Å². The molecule has 2 aromatic rings. The van der Waals surface area contributed by atoms with Crippen molar-refractivity contribution in [2.24, 2.45) is 5.73 Å². The molecule has 2 rings (SSSR count). The van der Waals surface area contributed by atoms with Gasteiger partial charge in [-0.3, -0.25) is 4.79 Å². The predicted octanol–water partition coefficient (Wildman–Crippen LogP) is 3.98. The van der Waals surface area contributed by atoms with Gasteiger partial charge in [-0.05, 0) is 29.0 Å². The first-order valence-electron chi connectivity index (χ1n) is 8.22. The summed E-state index contributed by atoms with van der Waals surface area (Å²) in [7, 11) is 0. The standard InChI is InChI=1S/C20H26N2O.ClH/c1-15(2)17-9-11-18(12-10-17)19(21)14-22-20(23)13-8-16-6-4-3-5-7-16;/h3-7,9-12,15,19H,8,13-14,21H2,1-2H3,(H,22,23);1H. The summed E-state index contributed by atoms with van der Waals surface area (Å²) in [4.78, 5) is 11.9. The zero-order valence-electron chi connectivity index (χ0n) is 14.4. The van der Waals surface area contributed by atoms with E-state index < -0.39 is 0 Å². The lowest BCUT2D eigenvalue weighted by Crippen LogP contribution is -2.32. The van der Waals surface area contributed by atoms with Crippen LogP contribution in [0.5, 0.6) is 0 Å². The first-order chi connectivity index (χ1) is 11.1. The molecular formula is C20H27ClN2O. The van der Waals surface area contributed by atoms with Gasteiger partial charge in [-0.25, -0.2) is 0 Å². The second kappa shape index (κ2) is 10.1. The lowest BCUT2D eigenvalue weighted by atomic mass is 9.99. The van der Waals surface area contributed by atoms with Crippen molar-refractivity contribution in [1.82, 2.24) is 5.32 Å². The molecule has 0 saturated carbocycles. The molecule has 24 heavy (non-hydrogen) atoms. The molecule has 3 nitrogen and oxygen atoms in total. The Labute approximate surface area is 151 Å². The summed E-state index contributed by atoms with van der Waals surface area (Å²) in [6.45, 7) is 4.80. The van der Waals surface area contributed by atoms with Crippen LogP contribution in [0.1, 0.15) is 48.9 Å². The Balaban J connectivity index is 0.00000288. The van der Waals surface area contributed by atoms with Crippen molar-refractivity contribution in [2.45, 2.75) is 38.6 Å². The maximum Gasteiger partial charge on any atom is 0.220 e. The van der Waals surface area contributed by atoms with Crippen molar-refractivity contribution in [3.63, 3.8) is 0 Å². The van der Waals surface area contributed by atoms with Gasteiger partial charge >= 0.3 is 0 Å². The molecule has 1 atom stereocenters. The van der Waals surface area contributed by atoms with Crippen LogP contribution >= 0.6 is 12.4 Å². The van der Waals surface area contributed by atoms with E-state index in [1.165, 1.54) is 11.1 Å². The average Bonchev–Trinajstić information content (AvgIpc) is 2.58. The number of carbonyl (C=O) groups is 1. The van der Waals surface area contributed by atoms with Gasteiger partial charge in [-0.1, -0.05) is 68.4 Å². The minimum atomic E-state index is -0.170. The highest BCUT2D eigenvalue weighted by molar-refractivity contribution is 5.85. The van der Waals surface area contributed by atoms with E-state index in [0.717, 1.165) is 12.0 Å². The van der Waals surface area contributed by atoms with Crippen molar-refractivity contribution in [1.29, 1.82) is 0 Å². The summed E-state index contributed by atoms with van der Waals surface area (Å²) in [5.41, 5.74) is 9.69. The number of carbonyl (C=O) groups excluding carboxylic acids is 1. The second-order valence-corrected chi connectivity index (χ2v) is 6.22. The number of hydrogen-bond donors (Lipinski definition) is 2. The van der Waals surface area contributed by atoms with Crippen LogP contribution in [-0.2, 0) is 11.2 Å². The first-order valence-corrected chi connectivity index (χ1v) is 8.22. The van der Waals surface area contributed by atoms with Crippen LogP contribution in [0.25, 0.3) is 0 Å². The number of hydrogen-bond acceptors (Lipinski definition) is 2. The van der Waals surface area contributed by atoms with Crippen molar-refractivity contribution in [3.05, 3.63) is 71.3 Å². The highest BCUT2D eigenvalue weighted by Gasteiger charge is 2.09. The lowest BCUT2D eigenvalue weighted by molar-refractivity contribution is -0.121. The van der Waals surface area contributed by atoms with E-state index >= 15 is 0 Å². The molecule has 2 aromatic carbocycles. The number of rotatable bonds is 7. The van der Waals surface area contributed by atoms with Gasteiger partial charge < -0.3 is 11.1 Å². The highest BCUT2D eigenvalue weighted by atomic mass is 35.5. The topological polar surface area (TPSA) is 55.1 Å². The third-order valence-corrected chi connectivity index (χ3v) is 4.03. The fraction of sp³-hybridized carbons (Fsp3) is 0.350. The summed E-state index contributed by atoms with van der Waals surface area (Å²) in [6, 6.07) is 18.2. The Hall–Kier alpha value is -1.84. The lowest BCUT2D eigenvalue weighted by Gasteiger charge is -2.14. The van der Waals surface area contributed by atoms with Gasteiger partial charge in [-0.2, -0.15) is 0 Å². The molecule has 130 valence electrons. The third kappa shape index (κ3) is 6.34. The number of nitrogens with one attached hydrogen (secondary N) is 1. The van der Waals surface area contributed by atoms with E-state index in [2.05, 4.69) is 43.4 Å². The zero-order chi connectivity index (χ0) is 16.7. The van der Waals surface area contributed by atoms with Gasteiger partial charge in [0.15, 0.2) is 0 Å². The van der Waals surface area contributed by atoms with Crippen molar-refractivity contribution in [3.8, 4) is 0 Å². The fourth-order valence-corrected chi connectivity index (χ4v) is 2.46. The first kappa shape index (κ1) is 20.2. The molecule has 0 heterocycles. The van der Waals surface area contributed by atoms with Gasteiger partial charge in [-0.15, -0.1) is 12.4 Å². The molecule has 0 radical (unpaired) electrons. The van der Waals surface area contributed by atoms with Crippen LogP contribution in [0.3, 0.4) is 0 Å². The molecule has 4 heteroatoms. The molecule has 3 N–H and O–H groups in total. The van der Waals surface area contributed by atoms with Crippen LogP contribution in [0.2, 0.25) is 0 Å². The fourth-order valence-electron chi connectivity index (χ4n) is 2.46. The molecule has 1 amide bonds. The number of aryl methyl sites for hydroxylation is 1. The molecule has 0 spiro atoms. The molecule has 0 fully saturated rings.